The van der Waals surface area contributed by atoms with Crippen molar-refractivity contribution < 1.29 is 9.53 Å². The smallest absolute Gasteiger partial charge is 0.331 e. The quantitative estimate of drug-likeness (QED) is 0.505. The van der Waals surface area contributed by atoms with Gasteiger partial charge in [-0.15, -0.1) is 0 Å². The first kappa shape index (κ1) is 15.7. The third-order valence-electron chi connectivity index (χ3n) is 3.15. The predicted octanol–water partition coefficient (Wildman–Crippen LogP) is 3.42. The largest absolute Gasteiger partial charge is 0.424 e. The molecule has 0 saturated heterocycles. The second-order valence-corrected chi connectivity index (χ2v) is 6.07. The molecule has 0 amide bonds. The van der Waals surface area contributed by atoms with E-state index < -0.39 is 5.97 Å². The van der Waals surface area contributed by atoms with Gasteiger partial charge in [-0.05, 0) is 30.3 Å². The molecule has 0 fully saturated rings. The summed E-state index contributed by atoms with van der Waals surface area (Å²) in [5.41, 5.74) is 0.285. The van der Waals surface area contributed by atoms with Crippen LogP contribution in [0, 0.1) is 0 Å². The van der Waals surface area contributed by atoms with Crippen LogP contribution in [0.2, 0.25) is 5.02 Å². The molecule has 7 heteroatoms. The van der Waals surface area contributed by atoms with E-state index in [1.165, 1.54) is 10.9 Å². The van der Waals surface area contributed by atoms with Crippen molar-refractivity contribution in [2.45, 2.75) is 6.54 Å². The van der Waals surface area contributed by atoms with Gasteiger partial charge in [-0.1, -0.05) is 39.7 Å². The number of hydrogen-bond donors (Lipinski definition) is 0. The van der Waals surface area contributed by atoms with Crippen LogP contribution in [0.5, 0.6) is 5.75 Å². The summed E-state index contributed by atoms with van der Waals surface area (Å²) in [5.74, 6) is -0.366. The molecular formula is C16H10BrClN2O3. The second kappa shape index (κ2) is 6.52. The van der Waals surface area contributed by atoms with E-state index in [9.17, 15) is 9.59 Å². The predicted molar refractivity (Wildman–Crippen MR) is 90.8 cm³/mol. The minimum atomic E-state index is -0.603. The lowest BCUT2D eigenvalue weighted by molar-refractivity contribution is -0.135. The number of para-hydroxylation sites is 1. The molecule has 3 rings (SSSR count). The van der Waals surface area contributed by atoms with Crippen LogP contribution in [-0.4, -0.2) is 15.5 Å². The number of halogens is 2. The minimum Gasteiger partial charge on any atom is -0.424 e. The summed E-state index contributed by atoms with van der Waals surface area (Å²) >= 11 is 9.27. The van der Waals surface area contributed by atoms with E-state index in [0.717, 1.165) is 4.47 Å². The van der Waals surface area contributed by atoms with Crippen molar-refractivity contribution in [2.24, 2.45) is 0 Å². The normalized spacial score (nSPS) is 10.7. The van der Waals surface area contributed by atoms with E-state index in [2.05, 4.69) is 20.9 Å². The molecule has 2 aromatic carbocycles. The van der Waals surface area contributed by atoms with Gasteiger partial charge >= 0.3 is 5.97 Å². The van der Waals surface area contributed by atoms with Crippen LogP contribution in [0.1, 0.15) is 0 Å². The Bertz CT molecular complexity index is 955. The summed E-state index contributed by atoms with van der Waals surface area (Å²) in [5, 5.41) is 0.751. The molecule has 116 valence electrons. The molecule has 0 saturated carbocycles. The summed E-state index contributed by atoms with van der Waals surface area (Å²) in [6.45, 7) is -0.247. The Balaban J connectivity index is 1.83. The summed E-state index contributed by atoms with van der Waals surface area (Å²) in [6, 6.07) is 11.8. The van der Waals surface area contributed by atoms with Crippen LogP contribution >= 0.6 is 27.5 Å². The van der Waals surface area contributed by atoms with Gasteiger partial charge in [0.1, 0.15) is 12.3 Å². The number of rotatable bonds is 3. The van der Waals surface area contributed by atoms with Gasteiger partial charge in [-0.2, -0.15) is 0 Å². The lowest BCUT2D eigenvalue weighted by Gasteiger charge is -2.08. The van der Waals surface area contributed by atoms with Crippen molar-refractivity contribution in [3.63, 3.8) is 0 Å². The van der Waals surface area contributed by atoms with Gasteiger partial charge in [0, 0.05) is 4.47 Å². The van der Waals surface area contributed by atoms with Crippen LogP contribution in [0.3, 0.4) is 0 Å². The highest BCUT2D eigenvalue weighted by Crippen LogP contribution is 2.27. The van der Waals surface area contributed by atoms with E-state index in [1.807, 2.05) is 0 Å². The van der Waals surface area contributed by atoms with E-state index in [4.69, 9.17) is 16.3 Å². The third kappa shape index (κ3) is 3.43. The number of ether oxygens (including phenoxy) is 1. The Morgan fingerprint density at radius 3 is 2.83 bits per heavy atom. The number of benzene rings is 2. The standard InChI is InChI=1S/C16H10BrClN2O3/c17-10-5-6-14(12(18)7-10)23-15(21)8-20-9-19-13-4-2-1-3-11(13)16(20)22/h1-7,9H,8H2. The number of aromatic nitrogens is 2. The van der Waals surface area contributed by atoms with Crippen LogP contribution in [0.25, 0.3) is 10.9 Å². The van der Waals surface area contributed by atoms with Gasteiger partial charge in [0.25, 0.3) is 5.56 Å². The molecule has 0 bridgehead atoms. The molecule has 0 aliphatic rings. The first-order valence-electron chi connectivity index (χ1n) is 6.64. The maximum atomic E-state index is 12.3. The van der Waals surface area contributed by atoms with Crippen LogP contribution in [-0.2, 0) is 11.3 Å². The third-order valence-corrected chi connectivity index (χ3v) is 3.94. The maximum absolute atomic E-state index is 12.3. The van der Waals surface area contributed by atoms with Crippen LogP contribution in [0.4, 0.5) is 0 Å². The molecule has 1 heterocycles. The summed E-state index contributed by atoms with van der Waals surface area (Å²) in [4.78, 5) is 28.5. The van der Waals surface area contributed by atoms with Crippen molar-refractivity contribution >= 4 is 44.4 Å². The highest BCUT2D eigenvalue weighted by Gasteiger charge is 2.12. The first-order chi connectivity index (χ1) is 11.0. The van der Waals surface area contributed by atoms with E-state index in [1.54, 1.807) is 42.5 Å². The Morgan fingerprint density at radius 2 is 2.04 bits per heavy atom. The zero-order valence-corrected chi connectivity index (χ0v) is 14.0. The number of carbonyl (C=O) groups is 1. The average molecular weight is 394 g/mol. The van der Waals surface area contributed by atoms with Gasteiger partial charge in [-0.25, -0.2) is 9.78 Å². The molecule has 0 atom stereocenters. The van der Waals surface area contributed by atoms with Gasteiger partial charge < -0.3 is 4.74 Å². The van der Waals surface area contributed by atoms with Crippen molar-refractivity contribution in [2.75, 3.05) is 0 Å². The maximum Gasteiger partial charge on any atom is 0.331 e. The number of fused-ring (bicyclic) bond motifs is 1. The van der Waals surface area contributed by atoms with Gasteiger partial charge in [0.05, 0.1) is 22.3 Å². The molecule has 0 unspecified atom stereocenters. The highest BCUT2D eigenvalue weighted by molar-refractivity contribution is 9.10. The lowest BCUT2D eigenvalue weighted by atomic mass is 10.2. The van der Waals surface area contributed by atoms with Crippen molar-refractivity contribution in [1.29, 1.82) is 0 Å². The number of hydrogen-bond acceptors (Lipinski definition) is 4. The van der Waals surface area contributed by atoms with Crippen LogP contribution < -0.4 is 10.3 Å². The molecule has 23 heavy (non-hydrogen) atoms. The highest BCUT2D eigenvalue weighted by atomic mass is 79.9. The minimum absolute atomic E-state index is 0.238. The monoisotopic (exact) mass is 392 g/mol. The van der Waals surface area contributed by atoms with E-state index in [-0.39, 0.29) is 17.9 Å². The topological polar surface area (TPSA) is 61.2 Å². The Labute approximate surface area is 144 Å². The summed E-state index contributed by atoms with van der Waals surface area (Å²) in [7, 11) is 0. The average Bonchev–Trinajstić information content (AvgIpc) is 2.53. The molecular weight excluding hydrogens is 384 g/mol. The molecule has 0 radical (unpaired) electrons. The Morgan fingerprint density at radius 1 is 1.26 bits per heavy atom. The van der Waals surface area contributed by atoms with Crippen LogP contribution in [0.15, 0.2) is 58.1 Å². The van der Waals surface area contributed by atoms with Gasteiger partial charge in [0.15, 0.2) is 0 Å². The fourth-order valence-corrected chi connectivity index (χ4v) is 2.78. The number of carbonyl (C=O) groups excluding carboxylic acids is 1. The Kier molecular flexibility index (Phi) is 4.45. The summed E-state index contributed by atoms with van der Waals surface area (Å²) in [6.07, 6.45) is 1.33. The molecule has 3 aromatic rings. The zero-order chi connectivity index (χ0) is 16.4. The lowest BCUT2D eigenvalue weighted by Crippen LogP contribution is -2.26. The molecule has 0 N–H and O–H groups in total. The number of esters is 1. The first-order valence-corrected chi connectivity index (χ1v) is 7.81. The molecule has 0 spiro atoms. The second-order valence-electron chi connectivity index (χ2n) is 4.74. The van der Waals surface area contributed by atoms with E-state index in [0.29, 0.717) is 15.9 Å². The fourth-order valence-electron chi connectivity index (χ4n) is 2.07. The Hall–Kier alpha value is -2.18. The SMILES string of the molecule is O=C(Cn1cnc2ccccc2c1=O)Oc1ccc(Br)cc1Cl. The molecule has 1 aromatic heterocycles. The molecule has 5 nitrogen and oxygen atoms in total. The van der Waals surface area contributed by atoms with Gasteiger partial charge in [0.2, 0.25) is 0 Å². The number of nitrogens with zero attached hydrogens (tertiary/aromatic N) is 2. The molecule has 0 aliphatic carbocycles. The van der Waals surface area contributed by atoms with E-state index >= 15 is 0 Å². The van der Waals surface area contributed by atoms with Crippen molar-refractivity contribution in [3.8, 4) is 5.75 Å². The zero-order valence-electron chi connectivity index (χ0n) is 11.7. The van der Waals surface area contributed by atoms with Crippen molar-refractivity contribution in [3.05, 3.63) is 68.6 Å². The summed E-state index contributed by atoms with van der Waals surface area (Å²) < 4.78 is 7.17. The molecule has 0 aliphatic heterocycles. The fraction of sp³-hybridized carbons (Fsp3) is 0.0625. The van der Waals surface area contributed by atoms with Gasteiger partial charge in [-0.3, -0.25) is 9.36 Å². The van der Waals surface area contributed by atoms with Crippen molar-refractivity contribution in [1.82, 2.24) is 9.55 Å².